The number of amides is 2. The molecule has 4 heterocycles. The number of carbonyl (C=O) groups is 2. The number of benzene rings is 1. The predicted octanol–water partition coefficient (Wildman–Crippen LogP) is 5.22. The number of hydrogen-bond acceptors (Lipinski definition) is 5. The number of halogens is 1. The fourth-order valence-corrected chi connectivity index (χ4v) is 7.25. The third-order valence-electron chi connectivity index (χ3n) is 9.67. The third-order valence-corrected chi connectivity index (χ3v) is 9.67. The number of aromatic nitrogens is 2. The molecule has 2 aliphatic heterocycles. The normalized spacial score (nSPS) is 19.6. The van der Waals surface area contributed by atoms with Gasteiger partial charge in [-0.3, -0.25) is 14.6 Å². The molecule has 0 unspecified atom stereocenters. The van der Waals surface area contributed by atoms with Gasteiger partial charge in [0.25, 0.3) is 5.91 Å². The molecule has 2 amide bonds. The second kappa shape index (κ2) is 13.0. The summed E-state index contributed by atoms with van der Waals surface area (Å²) in [4.78, 5) is 36.3. The third kappa shape index (κ3) is 6.84. The summed E-state index contributed by atoms with van der Waals surface area (Å²) in [5.74, 6) is -0.115. The van der Waals surface area contributed by atoms with E-state index in [-0.39, 0.29) is 35.4 Å². The fourth-order valence-electron chi connectivity index (χ4n) is 7.25. The van der Waals surface area contributed by atoms with Crippen LogP contribution in [0, 0.1) is 24.1 Å². The molecule has 2 aliphatic rings. The van der Waals surface area contributed by atoms with Crippen LogP contribution < -0.4 is 0 Å². The summed E-state index contributed by atoms with van der Waals surface area (Å²) >= 11 is 0. The highest BCUT2D eigenvalue weighted by atomic mass is 19.1. The Morgan fingerprint density at radius 3 is 2.55 bits per heavy atom. The van der Waals surface area contributed by atoms with Crippen molar-refractivity contribution in [1.29, 1.82) is 0 Å². The van der Waals surface area contributed by atoms with Crippen molar-refractivity contribution in [2.24, 2.45) is 11.3 Å². The Hall–Kier alpha value is -3.30. The summed E-state index contributed by atoms with van der Waals surface area (Å²) in [6.45, 7) is 16.6. The van der Waals surface area contributed by atoms with E-state index in [0.29, 0.717) is 11.6 Å². The maximum absolute atomic E-state index is 14.6. The highest BCUT2D eigenvalue weighted by molar-refractivity contribution is 5.99. The zero-order valence-electron chi connectivity index (χ0n) is 27.1. The van der Waals surface area contributed by atoms with E-state index >= 15 is 0 Å². The minimum absolute atomic E-state index is 0.164. The van der Waals surface area contributed by atoms with E-state index in [0.717, 1.165) is 74.9 Å². The van der Waals surface area contributed by atoms with E-state index in [1.165, 1.54) is 17.7 Å². The molecule has 238 valence electrons. The lowest BCUT2D eigenvalue weighted by molar-refractivity contribution is -0.131. The monoisotopic (exact) mass is 605 g/mol. The number of rotatable bonds is 9. The maximum atomic E-state index is 14.6. The lowest BCUT2D eigenvalue weighted by atomic mass is 9.80. The number of piperidine rings is 1. The largest absolute Gasteiger partial charge is 0.392 e. The maximum Gasteiger partial charge on any atom is 0.256 e. The van der Waals surface area contributed by atoms with Gasteiger partial charge in [-0.15, -0.1) is 0 Å². The van der Waals surface area contributed by atoms with Gasteiger partial charge in [0.05, 0.1) is 29.1 Å². The first-order valence-electron chi connectivity index (χ1n) is 16.1. The van der Waals surface area contributed by atoms with E-state index < -0.39 is 11.9 Å². The minimum atomic E-state index is -0.703. The highest BCUT2D eigenvalue weighted by Gasteiger charge is 2.35. The Morgan fingerprint density at radius 1 is 1.16 bits per heavy atom. The molecule has 5 rings (SSSR count). The van der Waals surface area contributed by atoms with Crippen molar-refractivity contribution in [3.05, 3.63) is 59.3 Å². The Bertz CT molecular complexity index is 1510. The van der Waals surface area contributed by atoms with Crippen molar-refractivity contribution in [2.75, 3.05) is 39.3 Å². The first kappa shape index (κ1) is 32.1. The molecule has 0 aliphatic carbocycles. The topological polar surface area (TPSA) is 81.9 Å². The van der Waals surface area contributed by atoms with Crippen LogP contribution in [0.15, 0.2) is 36.8 Å². The second-order valence-electron chi connectivity index (χ2n) is 13.8. The number of likely N-dealkylation sites (tertiary alicyclic amines) is 2. The Kier molecular flexibility index (Phi) is 9.47. The molecular weight excluding hydrogens is 557 g/mol. The molecule has 2 atom stereocenters. The van der Waals surface area contributed by atoms with Crippen molar-refractivity contribution >= 4 is 22.7 Å². The fraction of sp³-hybridized carbons (Fsp3) is 0.571. The Labute approximate surface area is 260 Å². The Morgan fingerprint density at radius 2 is 1.89 bits per heavy atom. The lowest BCUT2D eigenvalue weighted by Crippen LogP contribution is -2.45. The van der Waals surface area contributed by atoms with Crippen molar-refractivity contribution in [1.82, 2.24) is 24.3 Å². The molecule has 0 spiro atoms. The summed E-state index contributed by atoms with van der Waals surface area (Å²) in [5, 5.41) is 11.2. The first-order chi connectivity index (χ1) is 20.8. The van der Waals surface area contributed by atoms with Crippen LogP contribution in [0.25, 0.3) is 16.6 Å². The van der Waals surface area contributed by atoms with Gasteiger partial charge < -0.3 is 24.4 Å². The van der Waals surface area contributed by atoms with E-state index in [1.807, 2.05) is 35.7 Å². The predicted molar refractivity (Wildman–Crippen MR) is 171 cm³/mol. The molecule has 2 saturated heterocycles. The minimum Gasteiger partial charge on any atom is -0.392 e. The average Bonchev–Trinajstić information content (AvgIpc) is 3.55. The number of pyridine rings is 1. The molecule has 2 aromatic heterocycles. The van der Waals surface area contributed by atoms with E-state index in [9.17, 15) is 19.1 Å². The summed E-state index contributed by atoms with van der Waals surface area (Å²) in [5.41, 5.74) is 4.27. The smallest absolute Gasteiger partial charge is 0.256 e. The zero-order valence-corrected chi connectivity index (χ0v) is 27.1. The molecule has 8 nitrogen and oxygen atoms in total. The highest BCUT2D eigenvalue weighted by Crippen LogP contribution is 2.36. The molecule has 44 heavy (non-hydrogen) atoms. The van der Waals surface area contributed by atoms with Crippen molar-refractivity contribution < 1.29 is 19.1 Å². The Balaban J connectivity index is 1.40. The molecule has 1 N–H and O–H groups in total. The van der Waals surface area contributed by atoms with Gasteiger partial charge in [-0.05, 0) is 101 Å². The van der Waals surface area contributed by atoms with Crippen LogP contribution in [0.5, 0.6) is 0 Å². The van der Waals surface area contributed by atoms with Crippen molar-refractivity contribution in [3.63, 3.8) is 0 Å². The molecule has 2 fully saturated rings. The van der Waals surface area contributed by atoms with Crippen molar-refractivity contribution in [3.8, 4) is 5.69 Å². The standard InChI is InChI=1S/C35H48FN5O3/c1-23(2)40(19-25(4)42)34(44)30-16-29(36)7-8-31(30)41-21-28(33-24(3)17-37-18-32(33)41)15-27-9-12-38(20-27)22-35(6)10-13-39(14-11-35)26(5)43/h7-8,16-18,21,23,25,27,42H,9-15,19-20,22H2,1-6H3/t25-,27-/m0/s1. The van der Waals surface area contributed by atoms with Gasteiger partial charge in [0.15, 0.2) is 0 Å². The molecule has 1 aromatic carbocycles. The number of hydrogen-bond donors (Lipinski definition) is 1. The average molecular weight is 606 g/mol. The quantitative estimate of drug-likeness (QED) is 0.362. The van der Waals surface area contributed by atoms with Gasteiger partial charge in [0.1, 0.15) is 5.82 Å². The number of aryl methyl sites for hydroxylation is 1. The SMILES string of the molecule is CC(=O)N1CCC(C)(CN2CC[C@@H](Cc3cn(-c4ccc(F)cc4C(=O)N(C[C@H](C)O)C(C)C)c4cncc(C)c34)C2)CC1. The number of aliphatic hydroxyl groups excluding tert-OH is 1. The summed E-state index contributed by atoms with van der Waals surface area (Å²) in [7, 11) is 0. The van der Waals surface area contributed by atoms with Gasteiger partial charge in [-0.2, -0.15) is 0 Å². The van der Waals surface area contributed by atoms with Crippen LogP contribution in [0.1, 0.15) is 75.4 Å². The van der Waals surface area contributed by atoms with Crippen LogP contribution in [0.2, 0.25) is 0 Å². The van der Waals surface area contributed by atoms with E-state index in [1.54, 1.807) is 24.8 Å². The number of fused-ring (bicyclic) bond motifs is 1. The summed E-state index contributed by atoms with van der Waals surface area (Å²) < 4.78 is 16.6. The van der Waals surface area contributed by atoms with Gasteiger partial charge in [0.2, 0.25) is 5.91 Å². The van der Waals surface area contributed by atoms with Gasteiger partial charge >= 0.3 is 0 Å². The number of aliphatic hydroxyl groups is 1. The molecule has 0 radical (unpaired) electrons. The summed E-state index contributed by atoms with van der Waals surface area (Å²) in [6, 6.07) is 4.21. The molecule has 3 aromatic rings. The number of nitrogens with zero attached hydrogens (tertiary/aromatic N) is 5. The molecule has 0 saturated carbocycles. The van der Waals surface area contributed by atoms with Crippen LogP contribution in [0.3, 0.4) is 0 Å². The second-order valence-corrected chi connectivity index (χ2v) is 13.8. The van der Waals surface area contributed by atoms with Crippen LogP contribution >= 0.6 is 0 Å². The first-order valence-corrected chi connectivity index (χ1v) is 16.1. The van der Waals surface area contributed by atoms with E-state index in [2.05, 4.69) is 29.9 Å². The summed E-state index contributed by atoms with van der Waals surface area (Å²) in [6.07, 6.45) is 9.22. The lowest BCUT2D eigenvalue weighted by Gasteiger charge is -2.41. The molecule has 0 bridgehead atoms. The van der Waals surface area contributed by atoms with Gasteiger partial charge in [-0.1, -0.05) is 6.92 Å². The molecular formula is C35H48FN5O3. The van der Waals surface area contributed by atoms with Gasteiger partial charge in [0, 0.05) is 63.5 Å². The van der Waals surface area contributed by atoms with Crippen LogP contribution in [0.4, 0.5) is 4.39 Å². The van der Waals surface area contributed by atoms with Crippen LogP contribution in [-0.4, -0.2) is 92.6 Å². The van der Waals surface area contributed by atoms with Crippen molar-refractivity contribution in [2.45, 2.75) is 79.4 Å². The molecule has 9 heteroatoms. The zero-order chi connectivity index (χ0) is 31.8. The van der Waals surface area contributed by atoms with E-state index in [4.69, 9.17) is 0 Å². The number of carbonyl (C=O) groups excluding carboxylic acids is 2. The van der Waals surface area contributed by atoms with Crippen LogP contribution in [-0.2, 0) is 11.2 Å². The van der Waals surface area contributed by atoms with Gasteiger partial charge in [-0.25, -0.2) is 4.39 Å².